The summed E-state index contributed by atoms with van der Waals surface area (Å²) in [6.07, 6.45) is -2.21. The zero-order valence-electron chi connectivity index (χ0n) is 9.83. The Morgan fingerprint density at radius 1 is 1.47 bits per heavy atom. The molecule has 0 aliphatic carbocycles. The predicted octanol–water partition coefficient (Wildman–Crippen LogP) is 3.46. The summed E-state index contributed by atoms with van der Waals surface area (Å²) in [6, 6.07) is 0.643. The molecule has 0 heterocycles. The highest BCUT2D eigenvalue weighted by Crippen LogP contribution is 2.33. The van der Waals surface area contributed by atoms with E-state index in [1.54, 1.807) is 0 Å². The van der Waals surface area contributed by atoms with Crippen LogP contribution in [0.3, 0.4) is 0 Å². The number of ether oxygens (including phenoxy) is 1. The molecule has 3 nitrogen and oxygen atoms in total. The molecule has 0 aliphatic heterocycles. The number of esters is 1. The summed E-state index contributed by atoms with van der Waals surface area (Å²) in [5.74, 6) is -2.00. The lowest BCUT2D eigenvalue weighted by molar-refractivity contribution is -0.149. The summed E-state index contributed by atoms with van der Waals surface area (Å²) < 4.78 is 31.7. The largest absolute Gasteiger partial charge is 0.464 e. The first kappa shape index (κ1) is 18.4. The van der Waals surface area contributed by atoms with Gasteiger partial charge in [0.05, 0.1) is 22.7 Å². The lowest BCUT2D eigenvalue weighted by Crippen LogP contribution is -2.32. The van der Waals surface area contributed by atoms with Gasteiger partial charge in [-0.25, -0.2) is 13.6 Å². The van der Waals surface area contributed by atoms with Crippen molar-refractivity contribution in [3.05, 3.63) is 33.6 Å². The Labute approximate surface area is 125 Å². The van der Waals surface area contributed by atoms with Crippen LogP contribution in [0.15, 0.2) is 12.1 Å². The average Bonchev–Trinajstić information content (AvgIpc) is 2.33. The maximum absolute atomic E-state index is 13.7. The molecule has 0 saturated carbocycles. The van der Waals surface area contributed by atoms with Crippen LogP contribution in [0.4, 0.5) is 8.78 Å². The van der Waals surface area contributed by atoms with Crippen LogP contribution >= 0.6 is 35.6 Å². The van der Waals surface area contributed by atoms with Crippen molar-refractivity contribution in [2.24, 2.45) is 5.73 Å². The molecular weight excluding hydrogens is 322 g/mol. The standard InChI is InChI=1S/C11H11Cl2F2NO2.ClH/c1-2-18-11(17)9(15)10(16)7-6(14)4-3-5(12)8(7)13;/h3-4,9-10H,2,16H2,1H3;1H/t9?,10-;/m0./s1. The summed E-state index contributed by atoms with van der Waals surface area (Å²) in [5.41, 5.74) is 5.14. The monoisotopic (exact) mass is 333 g/mol. The zero-order valence-corrected chi connectivity index (χ0v) is 12.2. The van der Waals surface area contributed by atoms with Crippen molar-refractivity contribution in [3.63, 3.8) is 0 Å². The summed E-state index contributed by atoms with van der Waals surface area (Å²) in [7, 11) is 0. The molecule has 1 aromatic carbocycles. The first-order valence-corrected chi connectivity index (χ1v) is 5.85. The molecule has 1 unspecified atom stereocenters. The van der Waals surface area contributed by atoms with E-state index < -0.39 is 24.0 Å². The number of halogens is 5. The second kappa shape index (κ2) is 7.85. The van der Waals surface area contributed by atoms with Crippen LogP contribution in [0.25, 0.3) is 0 Å². The van der Waals surface area contributed by atoms with E-state index >= 15 is 0 Å². The van der Waals surface area contributed by atoms with Crippen LogP contribution in [-0.4, -0.2) is 18.7 Å². The Balaban J connectivity index is 0.00000324. The average molecular weight is 335 g/mol. The molecule has 8 heteroatoms. The highest BCUT2D eigenvalue weighted by Gasteiger charge is 2.31. The number of hydrogen-bond acceptors (Lipinski definition) is 3. The van der Waals surface area contributed by atoms with Crippen molar-refractivity contribution in [2.75, 3.05) is 6.61 Å². The third kappa shape index (κ3) is 4.18. The van der Waals surface area contributed by atoms with E-state index in [0.29, 0.717) is 0 Å². The minimum atomic E-state index is -2.21. The van der Waals surface area contributed by atoms with Crippen molar-refractivity contribution in [3.8, 4) is 0 Å². The summed E-state index contributed by atoms with van der Waals surface area (Å²) in [5, 5.41) is -0.185. The van der Waals surface area contributed by atoms with E-state index in [0.717, 1.165) is 6.07 Å². The van der Waals surface area contributed by atoms with Crippen molar-refractivity contribution >= 4 is 41.6 Å². The van der Waals surface area contributed by atoms with E-state index in [1.165, 1.54) is 13.0 Å². The fourth-order valence-corrected chi connectivity index (χ4v) is 1.81. The van der Waals surface area contributed by atoms with E-state index in [-0.39, 0.29) is 34.6 Å². The van der Waals surface area contributed by atoms with Crippen LogP contribution in [0.5, 0.6) is 0 Å². The first-order chi connectivity index (χ1) is 8.40. The number of hydrogen-bond donors (Lipinski definition) is 1. The van der Waals surface area contributed by atoms with Crippen LogP contribution in [-0.2, 0) is 9.53 Å². The van der Waals surface area contributed by atoms with Gasteiger partial charge in [-0.05, 0) is 19.1 Å². The van der Waals surface area contributed by atoms with Crippen LogP contribution < -0.4 is 5.73 Å². The van der Waals surface area contributed by atoms with Crippen molar-refractivity contribution < 1.29 is 18.3 Å². The van der Waals surface area contributed by atoms with Gasteiger partial charge in [0.1, 0.15) is 5.82 Å². The number of rotatable bonds is 4. The maximum atomic E-state index is 13.7. The topological polar surface area (TPSA) is 52.3 Å². The van der Waals surface area contributed by atoms with Gasteiger partial charge < -0.3 is 10.5 Å². The third-order valence-corrected chi connectivity index (χ3v) is 3.06. The lowest BCUT2D eigenvalue weighted by Gasteiger charge is -2.18. The van der Waals surface area contributed by atoms with E-state index in [2.05, 4.69) is 4.74 Å². The molecule has 0 fully saturated rings. The minimum absolute atomic E-state index is 0. The highest BCUT2D eigenvalue weighted by molar-refractivity contribution is 6.42. The lowest BCUT2D eigenvalue weighted by atomic mass is 10.0. The molecule has 0 bridgehead atoms. The molecule has 0 amide bonds. The third-order valence-electron chi connectivity index (χ3n) is 2.24. The highest BCUT2D eigenvalue weighted by atomic mass is 35.5. The second-order valence-electron chi connectivity index (χ2n) is 3.44. The quantitative estimate of drug-likeness (QED) is 0.678. The van der Waals surface area contributed by atoms with Gasteiger partial charge in [-0.2, -0.15) is 0 Å². The van der Waals surface area contributed by atoms with Gasteiger partial charge in [0.15, 0.2) is 0 Å². The number of carbonyl (C=O) groups is 1. The fourth-order valence-electron chi connectivity index (χ4n) is 1.36. The molecule has 0 aromatic heterocycles. The number of carbonyl (C=O) groups excluding carboxylic acids is 1. The van der Waals surface area contributed by atoms with Gasteiger partial charge in [-0.1, -0.05) is 23.2 Å². The van der Waals surface area contributed by atoms with E-state index in [9.17, 15) is 13.6 Å². The van der Waals surface area contributed by atoms with Gasteiger partial charge in [-0.15, -0.1) is 12.4 Å². The minimum Gasteiger partial charge on any atom is -0.464 e. The summed E-state index contributed by atoms with van der Waals surface area (Å²) in [6.45, 7) is 1.51. The smallest absolute Gasteiger partial charge is 0.342 e. The zero-order chi connectivity index (χ0) is 13.9. The fraction of sp³-hybridized carbons (Fsp3) is 0.364. The van der Waals surface area contributed by atoms with Gasteiger partial charge in [-0.3, -0.25) is 0 Å². The summed E-state index contributed by atoms with van der Waals surface area (Å²) >= 11 is 11.4. The Kier molecular flexibility index (Phi) is 7.59. The van der Waals surface area contributed by atoms with Crippen molar-refractivity contribution in [1.29, 1.82) is 0 Å². The van der Waals surface area contributed by atoms with Crippen molar-refractivity contribution in [2.45, 2.75) is 19.1 Å². The van der Waals surface area contributed by atoms with Crippen LogP contribution in [0.1, 0.15) is 18.5 Å². The second-order valence-corrected chi connectivity index (χ2v) is 4.22. The van der Waals surface area contributed by atoms with Crippen molar-refractivity contribution in [1.82, 2.24) is 0 Å². The molecule has 2 N–H and O–H groups in total. The Morgan fingerprint density at radius 3 is 2.58 bits per heavy atom. The van der Waals surface area contributed by atoms with E-state index in [1.807, 2.05) is 0 Å². The molecule has 2 atom stereocenters. The molecular formula is C11H12Cl3F2NO2. The molecule has 0 aliphatic rings. The van der Waals surface area contributed by atoms with Gasteiger partial charge in [0.2, 0.25) is 6.17 Å². The predicted molar refractivity (Wildman–Crippen MR) is 72.1 cm³/mol. The molecule has 108 valence electrons. The molecule has 1 rings (SSSR count). The first-order valence-electron chi connectivity index (χ1n) is 5.09. The number of benzene rings is 1. The normalized spacial score (nSPS) is 13.4. The Bertz CT molecular complexity index is 460. The van der Waals surface area contributed by atoms with E-state index in [4.69, 9.17) is 28.9 Å². The Hall–Kier alpha value is -0.620. The van der Waals surface area contributed by atoms with Gasteiger partial charge >= 0.3 is 5.97 Å². The van der Waals surface area contributed by atoms with Gasteiger partial charge in [0.25, 0.3) is 0 Å². The molecule has 19 heavy (non-hydrogen) atoms. The van der Waals surface area contributed by atoms with Crippen LogP contribution in [0.2, 0.25) is 10.0 Å². The Morgan fingerprint density at radius 2 is 2.05 bits per heavy atom. The molecule has 0 radical (unpaired) electrons. The summed E-state index contributed by atoms with van der Waals surface area (Å²) in [4.78, 5) is 11.2. The molecule has 0 saturated heterocycles. The number of alkyl halides is 1. The van der Waals surface area contributed by atoms with Gasteiger partial charge in [0, 0.05) is 5.56 Å². The number of nitrogens with two attached hydrogens (primary N) is 1. The SMILES string of the molecule is CCOC(=O)C(F)[C@@H](N)c1c(F)ccc(Cl)c1Cl.Cl. The molecule has 1 aromatic rings. The van der Waals surface area contributed by atoms with Crippen LogP contribution in [0, 0.1) is 5.82 Å². The maximum Gasteiger partial charge on any atom is 0.342 e. The molecule has 0 spiro atoms.